The van der Waals surface area contributed by atoms with Gasteiger partial charge in [0.15, 0.2) is 0 Å². The number of nitrogens with zero attached hydrogens (tertiary/aromatic N) is 2. The number of hydrogen-bond donors (Lipinski definition) is 0. The van der Waals surface area contributed by atoms with E-state index in [1.54, 1.807) is 55.4 Å². The normalized spacial score (nSPS) is 12.3. The van der Waals surface area contributed by atoms with Crippen molar-refractivity contribution in [1.29, 1.82) is 0 Å². The first kappa shape index (κ1) is 17.0. The summed E-state index contributed by atoms with van der Waals surface area (Å²) >= 11 is 9.14. The van der Waals surface area contributed by atoms with Crippen LogP contribution in [0.2, 0.25) is 5.02 Å². The fraction of sp³-hybridized carbons (Fsp3) is 0.133. The van der Waals surface area contributed by atoms with Gasteiger partial charge in [-0.05, 0) is 48.5 Å². The van der Waals surface area contributed by atoms with Gasteiger partial charge in [-0.2, -0.15) is 8.42 Å². The van der Waals surface area contributed by atoms with Crippen LogP contribution in [0.4, 0.5) is 0 Å². The molecule has 0 unspecified atom stereocenters. The highest BCUT2D eigenvalue weighted by Gasteiger charge is 2.16. The Hall–Kier alpha value is -1.37. The quantitative estimate of drug-likeness (QED) is 0.580. The molecule has 0 aliphatic carbocycles. The summed E-state index contributed by atoms with van der Waals surface area (Å²) in [6.07, 6.45) is 0. The van der Waals surface area contributed by atoms with Crippen LogP contribution in [0.3, 0.4) is 0 Å². The molecule has 7 heteroatoms. The zero-order chi connectivity index (χ0) is 16.3. The molecule has 22 heavy (non-hydrogen) atoms. The van der Waals surface area contributed by atoms with Crippen molar-refractivity contribution in [3.8, 4) is 0 Å². The second-order valence-electron chi connectivity index (χ2n) is 4.75. The number of sulfonamides is 1. The summed E-state index contributed by atoms with van der Waals surface area (Å²) in [5.74, 6) is 0.347. The van der Waals surface area contributed by atoms with E-state index >= 15 is 0 Å². The van der Waals surface area contributed by atoms with E-state index in [4.69, 9.17) is 11.6 Å². The van der Waals surface area contributed by atoms with Crippen LogP contribution in [0.15, 0.2) is 62.3 Å². The van der Waals surface area contributed by atoms with Crippen molar-refractivity contribution >= 4 is 43.4 Å². The lowest BCUT2D eigenvalue weighted by molar-refractivity contribution is 0.592. The Morgan fingerprint density at radius 1 is 1.05 bits per heavy atom. The SMILES string of the molecule is CN(C)C(=NS(=O)(=O)c1ccc(Br)cc1)c1ccc(Cl)cc1. The van der Waals surface area contributed by atoms with Gasteiger partial charge in [-0.3, -0.25) is 0 Å². The van der Waals surface area contributed by atoms with E-state index in [1.165, 1.54) is 12.1 Å². The van der Waals surface area contributed by atoms with E-state index in [9.17, 15) is 8.42 Å². The molecule has 2 aromatic carbocycles. The minimum atomic E-state index is -3.79. The number of benzene rings is 2. The summed E-state index contributed by atoms with van der Waals surface area (Å²) in [5.41, 5.74) is 0.676. The predicted molar refractivity (Wildman–Crippen MR) is 93.0 cm³/mol. The molecule has 0 N–H and O–H groups in total. The smallest absolute Gasteiger partial charge is 0.284 e. The minimum Gasteiger partial charge on any atom is -0.362 e. The summed E-state index contributed by atoms with van der Waals surface area (Å²) < 4.78 is 29.7. The summed E-state index contributed by atoms with van der Waals surface area (Å²) in [5, 5.41) is 0.581. The lowest BCUT2D eigenvalue weighted by Crippen LogP contribution is -2.24. The highest BCUT2D eigenvalue weighted by atomic mass is 79.9. The zero-order valence-electron chi connectivity index (χ0n) is 12.0. The van der Waals surface area contributed by atoms with Crippen LogP contribution in [0.1, 0.15) is 5.56 Å². The molecule has 0 radical (unpaired) electrons. The lowest BCUT2D eigenvalue weighted by atomic mass is 10.2. The Morgan fingerprint density at radius 3 is 2.09 bits per heavy atom. The van der Waals surface area contributed by atoms with Crippen LogP contribution in [0.25, 0.3) is 0 Å². The molecule has 0 aliphatic rings. The molecule has 2 aromatic rings. The molecule has 0 bridgehead atoms. The first-order chi connectivity index (χ1) is 10.3. The zero-order valence-corrected chi connectivity index (χ0v) is 15.2. The molecule has 0 aromatic heterocycles. The maximum atomic E-state index is 12.4. The average Bonchev–Trinajstić information content (AvgIpc) is 2.46. The van der Waals surface area contributed by atoms with Gasteiger partial charge < -0.3 is 4.90 Å². The maximum Gasteiger partial charge on any atom is 0.284 e. The van der Waals surface area contributed by atoms with E-state index in [0.717, 1.165) is 4.47 Å². The standard InChI is InChI=1S/C15H14BrClN2O2S/c1-19(2)15(11-3-7-13(17)8-4-11)18-22(20,21)14-9-5-12(16)6-10-14/h3-10H,1-2H3. The van der Waals surface area contributed by atoms with Crippen molar-refractivity contribution in [2.45, 2.75) is 4.90 Å². The summed E-state index contributed by atoms with van der Waals surface area (Å²) in [6, 6.07) is 13.2. The van der Waals surface area contributed by atoms with Gasteiger partial charge in [-0.15, -0.1) is 4.40 Å². The van der Waals surface area contributed by atoms with E-state index in [2.05, 4.69) is 20.3 Å². The fourth-order valence-electron chi connectivity index (χ4n) is 1.76. The molecule has 116 valence electrons. The second kappa shape index (κ2) is 6.81. The second-order valence-corrected chi connectivity index (χ2v) is 7.70. The van der Waals surface area contributed by atoms with Crippen molar-refractivity contribution in [3.05, 3.63) is 63.6 Å². The van der Waals surface area contributed by atoms with Crippen molar-refractivity contribution in [3.63, 3.8) is 0 Å². The molecule has 4 nitrogen and oxygen atoms in total. The summed E-state index contributed by atoms with van der Waals surface area (Å²) in [6.45, 7) is 0. The lowest BCUT2D eigenvalue weighted by Gasteiger charge is -2.16. The van der Waals surface area contributed by atoms with Crippen molar-refractivity contribution in [2.75, 3.05) is 14.1 Å². The molecule has 0 fully saturated rings. The molecular formula is C15H14BrClN2O2S. The molecule has 0 amide bonds. The van der Waals surface area contributed by atoms with Crippen LogP contribution in [0.5, 0.6) is 0 Å². The predicted octanol–water partition coefficient (Wildman–Crippen LogP) is 3.80. The molecule has 0 saturated carbocycles. The Balaban J connectivity index is 2.49. The van der Waals surface area contributed by atoms with Crippen LogP contribution < -0.4 is 0 Å². The maximum absolute atomic E-state index is 12.4. The number of amidine groups is 1. The minimum absolute atomic E-state index is 0.143. The van der Waals surface area contributed by atoms with E-state index < -0.39 is 10.0 Å². The molecule has 0 aliphatic heterocycles. The number of rotatable bonds is 3. The third-order valence-electron chi connectivity index (χ3n) is 2.84. The van der Waals surface area contributed by atoms with Gasteiger partial charge in [0.25, 0.3) is 10.0 Å². The molecule has 0 spiro atoms. The topological polar surface area (TPSA) is 49.7 Å². The molecule has 0 heterocycles. The van der Waals surface area contributed by atoms with Gasteiger partial charge in [0, 0.05) is 29.2 Å². The first-order valence-electron chi connectivity index (χ1n) is 6.33. The van der Waals surface area contributed by atoms with E-state index in [0.29, 0.717) is 16.4 Å². The van der Waals surface area contributed by atoms with Crippen molar-refractivity contribution < 1.29 is 8.42 Å². The highest BCUT2D eigenvalue weighted by Crippen LogP contribution is 2.19. The third-order valence-corrected chi connectivity index (χ3v) is 4.91. The monoisotopic (exact) mass is 400 g/mol. The third kappa shape index (κ3) is 4.09. The molecule has 0 atom stereocenters. The molecular weight excluding hydrogens is 388 g/mol. The van der Waals surface area contributed by atoms with Gasteiger partial charge in [0.05, 0.1) is 4.90 Å². The Morgan fingerprint density at radius 2 is 1.59 bits per heavy atom. The van der Waals surface area contributed by atoms with E-state index in [-0.39, 0.29) is 4.90 Å². The Labute approximate surface area is 143 Å². The van der Waals surface area contributed by atoms with Gasteiger partial charge >= 0.3 is 0 Å². The average molecular weight is 402 g/mol. The van der Waals surface area contributed by atoms with Crippen LogP contribution in [0, 0.1) is 0 Å². The van der Waals surface area contributed by atoms with Gasteiger partial charge in [-0.1, -0.05) is 27.5 Å². The largest absolute Gasteiger partial charge is 0.362 e. The Kier molecular flexibility index (Phi) is 5.26. The van der Waals surface area contributed by atoms with Crippen LogP contribution in [-0.4, -0.2) is 33.2 Å². The molecule has 0 saturated heterocycles. The van der Waals surface area contributed by atoms with Gasteiger partial charge in [0.2, 0.25) is 0 Å². The van der Waals surface area contributed by atoms with Crippen LogP contribution in [-0.2, 0) is 10.0 Å². The number of halogens is 2. The van der Waals surface area contributed by atoms with E-state index in [1.807, 2.05) is 0 Å². The van der Waals surface area contributed by atoms with Crippen molar-refractivity contribution in [2.24, 2.45) is 4.40 Å². The number of hydrogen-bond acceptors (Lipinski definition) is 2. The van der Waals surface area contributed by atoms with Crippen molar-refractivity contribution in [1.82, 2.24) is 4.90 Å². The molecule has 2 rings (SSSR count). The Bertz CT molecular complexity index is 785. The van der Waals surface area contributed by atoms with Gasteiger partial charge in [0.1, 0.15) is 5.84 Å². The fourth-order valence-corrected chi connectivity index (χ4v) is 3.24. The summed E-state index contributed by atoms with van der Waals surface area (Å²) in [7, 11) is -0.306. The highest BCUT2D eigenvalue weighted by molar-refractivity contribution is 9.10. The summed E-state index contributed by atoms with van der Waals surface area (Å²) in [4.78, 5) is 1.80. The first-order valence-corrected chi connectivity index (χ1v) is 8.94. The van der Waals surface area contributed by atoms with Crippen LogP contribution >= 0.6 is 27.5 Å². The van der Waals surface area contributed by atoms with Gasteiger partial charge in [-0.25, -0.2) is 0 Å².